The van der Waals surface area contributed by atoms with Crippen LogP contribution in [0.1, 0.15) is 0 Å². The molecule has 0 aliphatic carbocycles. The van der Waals surface area contributed by atoms with Gasteiger partial charge in [-0.1, -0.05) is 0 Å². The molecule has 0 aliphatic rings. The molecule has 0 atom stereocenters. The summed E-state index contributed by atoms with van der Waals surface area (Å²) in [5.74, 6) is 0.520. The van der Waals surface area contributed by atoms with Crippen LogP contribution in [-0.4, -0.2) is 42.3 Å². The van der Waals surface area contributed by atoms with Crippen molar-refractivity contribution in [2.75, 3.05) is 25.6 Å². The zero-order valence-electron chi connectivity index (χ0n) is 14.1. The molecule has 0 radical (unpaired) electrons. The van der Waals surface area contributed by atoms with E-state index >= 15 is 0 Å². The number of fused-ring (bicyclic) bond motifs is 1. The first-order valence-electron chi connectivity index (χ1n) is 7.90. The Kier molecular flexibility index (Phi) is 5.33. The standard InChI is InChI=1S/C18H18N4O4/c1-25-14-4-6-15(7-5-14)26-11-18(24)19-10-17(23)21-13-3-2-12-9-20-22-16(12)8-13/h2-9H,10-11H2,1H3,(H,19,24)(H,20,22)(H,21,23). The number of methoxy groups -OCH3 is 1. The summed E-state index contributed by atoms with van der Waals surface area (Å²) in [7, 11) is 1.57. The van der Waals surface area contributed by atoms with E-state index in [1.54, 1.807) is 49.7 Å². The van der Waals surface area contributed by atoms with Gasteiger partial charge < -0.3 is 20.1 Å². The van der Waals surface area contributed by atoms with Crippen LogP contribution in [0.5, 0.6) is 11.5 Å². The van der Waals surface area contributed by atoms with E-state index in [9.17, 15) is 9.59 Å². The van der Waals surface area contributed by atoms with Crippen LogP contribution in [0, 0.1) is 0 Å². The summed E-state index contributed by atoms with van der Waals surface area (Å²) in [5.41, 5.74) is 1.44. The van der Waals surface area contributed by atoms with Crippen molar-refractivity contribution in [3.05, 3.63) is 48.7 Å². The van der Waals surface area contributed by atoms with Crippen molar-refractivity contribution in [2.24, 2.45) is 0 Å². The Morgan fingerprint density at radius 1 is 1.08 bits per heavy atom. The van der Waals surface area contributed by atoms with Crippen LogP contribution in [0.25, 0.3) is 10.9 Å². The number of carbonyl (C=O) groups is 2. The molecule has 0 saturated carbocycles. The lowest BCUT2D eigenvalue weighted by Crippen LogP contribution is -2.35. The second kappa shape index (κ2) is 8.02. The zero-order valence-corrected chi connectivity index (χ0v) is 14.1. The van der Waals surface area contributed by atoms with Crippen molar-refractivity contribution in [2.45, 2.75) is 0 Å². The molecule has 0 fully saturated rings. The normalized spacial score (nSPS) is 10.3. The number of H-pyrrole nitrogens is 1. The Morgan fingerprint density at radius 2 is 1.85 bits per heavy atom. The van der Waals surface area contributed by atoms with Crippen molar-refractivity contribution in [3.63, 3.8) is 0 Å². The smallest absolute Gasteiger partial charge is 0.258 e. The Balaban J connectivity index is 1.42. The molecular weight excluding hydrogens is 336 g/mol. The topological polar surface area (TPSA) is 105 Å². The second-order valence-corrected chi connectivity index (χ2v) is 5.46. The van der Waals surface area contributed by atoms with Crippen molar-refractivity contribution < 1.29 is 19.1 Å². The summed E-state index contributed by atoms with van der Waals surface area (Å²) in [6, 6.07) is 12.2. The molecule has 0 bridgehead atoms. The van der Waals surface area contributed by atoms with Crippen LogP contribution >= 0.6 is 0 Å². The van der Waals surface area contributed by atoms with Gasteiger partial charge in [0.2, 0.25) is 5.91 Å². The van der Waals surface area contributed by atoms with Gasteiger partial charge in [-0.2, -0.15) is 5.10 Å². The third-order valence-corrected chi connectivity index (χ3v) is 3.60. The summed E-state index contributed by atoms with van der Waals surface area (Å²) in [4.78, 5) is 23.7. The molecule has 2 amide bonds. The number of hydrogen-bond acceptors (Lipinski definition) is 5. The minimum Gasteiger partial charge on any atom is -0.497 e. The first kappa shape index (κ1) is 17.3. The number of benzene rings is 2. The van der Waals surface area contributed by atoms with Crippen LogP contribution < -0.4 is 20.1 Å². The fourth-order valence-electron chi connectivity index (χ4n) is 2.27. The lowest BCUT2D eigenvalue weighted by molar-refractivity contribution is -0.125. The monoisotopic (exact) mass is 354 g/mol. The summed E-state index contributed by atoms with van der Waals surface area (Å²) in [6.45, 7) is -0.328. The molecule has 0 spiro atoms. The van der Waals surface area contributed by atoms with Gasteiger partial charge in [-0.15, -0.1) is 0 Å². The average Bonchev–Trinajstić information content (AvgIpc) is 3.13. The van der Waals surface area contributed by atoms with Gasteiger partial charge in [0.15, 0.2) is 6.61 Å². The molecule has 2 aromatic carbocycles. The van der Waals surface area contributed by atoms with E-state index in [1.807, 2.05) is 6.07 Å². The maximum Gasteiger partial charge on any atom is 0.258 e. The number of anilines is 1. The van der Waals surface area contributed by atoms with Crippen molar-refractivity contribution in [3.8, 4) is 11.5 Å². The third kappa shape index (κ3) is 4.50. The van der Waals surface area contributed by atoms with E-state index in [0.717, 1.165) is 10.9 Å². The van der Waals surface area contributed by atoms with E-state index in [0.29, 0.717) is 17.2 Å². The number of aromatic nitrogens is 2. The number of rotatable bonds is 7. The number of carbonyl (C=O) groups excluding carboxylic acids is 2. The Morgan fingerprint density at radius 3 is 2.62 bits per heavy atom. The highest BCUT2D eigenvalue weighted by Crippen LogP contribution is 2.17. The van der Waals surface area contributed by atoms with Crippen molar-refractivity contribution >= 4 is 28.4 Å². The highest BCUT2D eigenvalue weighted by Gasteiger charge is 2.08. The van der Waals surface area contributed by atoms with Gasteiger partial charge in [-0.3, -0.25) is 14.7 Å². The molecule has 26 heavy (non-hydrogen) atoms. The molecule has 1 aromatic heterocycles. The highest BCUT2D eigenvalue weighted by molar-refractivity contribution is 5.96. The molecule has 1 heterocycles. The molecule has 3 aromatic rings. The van der Waals surface area contributed by atoms with Crippen molar-refractivity contribution in [1.82, 2.24) is 15.5 Å². The number of amides is 2. The lowest BCUT2D eigenvalue weighted by Gasteiger charge is -2.09. The number of nitrogens with zero attached hydrogens (tertiary/aromatic N) is 1. The molecule has 3 rings (SSSR count). The summed E-state index contributed by atoms with van der Waals surface area (Å²) in [6.07, 6.45) is 1.70. The third-order valence-electron chi connectivity index (χ3n) is 3.60. The molecular formula is C18H18N4O4. The predicted octanol–water partition coefficient (Wildman–Crippen LogP) is 1.71. The SMILES string of the molecule is COc1ccc(OCC(=O)NCC(=O)Nc2ccc3cn[nH]c3c2)cc1. The molecule has 8 nitrogen and oxygen atoms in total. The molecule has 0 saturated heterocycles. The lowest BCUT2D eigenvalue weighted by atomic mass is 10.2. The van der Waals surface area contributed by atoms with E-state index < -0.39 is 0 Å². The zero-order chi connectivity index (χ0) is 18.4. The average molecular weight is 354 g/mol. The Bertz CT molecular complexity index is 905. The second-order valence-electron chi connectivity index (χ2n) is 5.46. The van der Waals surface area contributed by atoms with Crippen LogP contribution in [-0.2, 0) is 9.59 Å². The van der Waals surface area contributed by atoms with Crippen LogP contribution in [0.4, 0.5) is 5.69 Å². The molecule has 0 aliphatic heterocycles. The number of nitrogens with one attached hydrogen (secondary N) is 3. The van der Waals surface area contributed by atoms with E-state index in [-0.39, 0.29) is 25.0 Å². The minimum atomic E-state index is -0.389. The quantitative estimate of drug-likeness (QED) is 0.599. The Labute approximate surface area is 149 Å². The first-order valence-corrected chi connectivity index (χ1v) is 7.90. The van der Waals surface area contributed by atoms with Gasteiger partial charge >= 0.3 is 0 Å². The predicted molar refractivity (Wildman–Crippen MR) is 96.2 cm³/mol. The number of hydrogen-bond donors (Lipinski definition) is 3. The van der Waals surface area contributed by atoms with Gasteiger partial charge in [0, 0.05) is 11.1 Å². The van der Waals surface area contributed by atoms with Gasteiger partial charge in [-0.25, -0.2) is 0 Å². The fourth-order valence-corrected chi connectivity index (χ4v) is 2.27. The van der Waals surface area contributed by atoms with E-state index in [2.05, 4.69) is 20.8 Å². The Hall–Kier alpha value is -3.55. The minimum absolute atomic E-state index is 0.147. The van der Waals surface area contributed by atoms with Crippen LogP contribution in [0.15, 0.2) is 48.7 Å². The maximum absolute atomic E-state index is 11.9. The van der Waals surface area contributed by atoms with Crippen LogP contribution in [0.2, 0.25) is 0 Å². The van der Waals surface area contributed by atoms with Crippen LogP contribution in [0.3, 0.4) is 0 Å². The van der Waals surface area contributed by atoms with E-state index in [4.69, 9.17) is 9.47 Å². The van der Waals surface area contributed by atoms with Gasteiger partial charge in [0.1, 0.15) is 11.5 Å². The maximum atomic E-state index is 11.9. The number of aromatic amines is 1. The summed E-state index contributed by atoms with van der Waals surface area (Å²) < 4.78 is 10.4. The summed E-state index contributed by atoms with van der Waals surface area (Å²) >= 11 is 0. The summed E-state index contributed by atoms with van der Waals surface area (Å²) in [5, 5.41) is 12.9. The van der Waals surface area contributed by atoms with Crippen molar-refractivity contribution in [1.29, 1.82) is 0 Å². The highest BCUT2D eigenvalue weighted by atomic mass is 16.5. The largest absolute Gasteiger partial charge is 0.497 e. The van der Waals surface area contributed by atoms with Gasteiger partial charge in [0.25, 0.3) is 5.91 Å². The molecule has 0 unspecified atom stereocenters. The molecule has 3 N–H and O–H groups in total. The first-order chi connectivity index (χ1) is 12.6. The van der Waals surface area contributed by atoms with Gasteiger partial charge in [0.05, 0.1) is 25.4 Å². The fraction of sp³-hybridized carbons (Fsp3) is 0.167. The van der Waals surface area contributed by atoms with E-state index in [1.165, 1.54) is 0 Å². The molecule has 134 valence electrons. The molecule has 8 heteroatoms. The van der Waals surface area contributed by atoms with Gasteiger partial charge in [-0.05, 0) is 42.5 Å². The number of ether oxygens (including phenoxy) is 2.